The van der Waals surface area contributed by atoms with E-state index in [1.165, 1.54) is 0 Å². The molecule has 0 saturated heterocycles. The summed E-state index contributed by atoms with van der Waals surface area (Å²) in [4.78, 5) is 11.6. The van der Waals surface area contributed by atoms with Gasteiger partial charge in [-0.05, 0) is 25.2 Å². The average Bonchev–Trinajstić information content (AvgIpc) is 2.68. The molecule has 3 nitrogen and oxygen atoms in total. The molecule has 0 aliphatic heterocycles. The molecule has 3 N–H and O–H groups in total. The van der Waals surface area contributed by atoms with E-state index in [2.05, 4.69) is 26.1 Å². The first kappa shape index (κ1) is 13.5. The molecule has 94 valence electrons. The minimum Gasteiger partial charge on any atom is -0.369 e. The molecule has 1 rings (SSSR count). The van der Waals surface area contributed by atoms with Crippen LogP contribution in [0.2, 0.25) is 0 Å². The topological polar surface area (TPSA) is 55.1 Å². The SMILES string of the molecule is CCC(NCC1(C(N)=O)CCCC1)C(C)C. The van der Waals surface area contributed by atoms with Crippen LogP contribution in [0.5, 0.6) is 0 Å². The number of nitrogens with two attached hydrogens (primary N) is 1. The summed E-state index contributed by atoms with van der Waals surface area (Å²) in [7, 11) is 0. The standard InChI is InChI=1S/C13H26N2O/c1-4-11(10(2)3)15-9-13(12(14)16)7-5-6-8-13/h10-11,15H,4-9H2,1-3H3,(H2,14,16). The summed E-state index contributed by atoms with van der Waals surface area (Å²) in [5.74, 6) is 0.493. The number of hydrogen-bond donors (Lipinski definition) is 2. The molecule has 16 heavy (non-hydrogen) atoms. The molecule has 1 saturated carbocycles. The third-order valence-corrected chi connectivity index (χ3v) is 4.03. The molecule has 0 aromatic heterocycles. The quantitative estimate of drug-likeness (QED) is 0.728. The van der Waals surface area contributed by atoms with Crippen LogP contribution < -0.4 is 11.1 Å². The van der Waals surface area contributed by atoms with Crippen LogP contribution in [-0.4, -0.2) is 18.5 Å². The molecule has 0 radical (unpaired) electrons. The molecule has 1 atom stereocenters. The van der Waals surface area contributed by atoms with Crippen molar-refractivity contribution in [3.8, 4) is 0 Å². The maximum absolute atomic E-state index is 11.6. The number of carbonyl (C=O) groups is 1. The Balaban J connectivity index is 2.53. The van der Waals surface area contributed by atoms with Gasteiger partial charge in [0.2, 0.25) is 5.91 Å². The van der Waals surface area contributed by atoms with Crippen molar-refractivity contribution in [2.75, 3.05) is 6.54 Å². The molecule has 1 unspecified atom stereocenters. The number of carbonyl (C=O) groups excluding carboxylic acids is 1. The van der Waals surface area contributed by atoms with Crippen molar-refractivity contribution in [2.45, 2.75) is 58.9 Å². The van der Waals surface area contributed by atoms with Gasteiger partial charge in [-0.2, -0.15) is 0 Å². The number of amides is 1. The predicted octanol–water partition coefficient (Wildman–Crippen LogP) is 2.06. The molecule has 1 aliphatic rings. The fraction of sp³-hybridized carbons (Fsp3) is 0.923. The molecule has 0 bridgehead atoms. The number of nitrogens with one attached hydrogen (secondary N) is 1. The summed E-state index contributed by atoms with van der Waals surface area (Å²) in [5.41, 5.74) is 5.30. The van der Waals surface area contributed by atoms with Gasteiger partial charge in [-0.1, -0.05) is 33.6 Å². The van der Waals surface area contributed by atoms with Crippen LogP contribution >= 0.6 is 0 Å². The number of rotatable bonds is 6. The van der Waals surface area contributed by atoms with Gasteiger partial charge in [0.15, 0.2) is 0 Å². The van der Waals surface area contributed by atoms with E-state index < -0.39 is 0 Å². The van der Waals surface area contributed by atoms with Crippen LogP contribution in [0, 0.1) is 11.3 Å². The van der Waals surface area contributed by atoms with Gasteiger partial charge in [-0.25, -0.2) is 0 Å². The Morgan fingerprint density at radius 3 is 2.31 bits per heavy atom. The van der Waals surface area contributed by atoms with E-state index in [1.54, 1.807) is 0 Å². The highest BCUT2D eigenvalue weighted by atomic mass is 16.1. The van der Waals surface area contributed by atoms with Crippen molar-refractivity contribution < 1.29 is 4.79 Å². The molecule has 0 aromatic carbocycles. The van der Waals surface area contributed by atoms with E-state index in [1.807, 2.05) is 0 Å². The maximum Gasteiger partial charge on any atom is 0.224 e. The van der Waals surface area contributed by atoms with E-state index >= 15 is 0 Å². The van der Waals surface area contributed by atoms with Gasteiger partial charge in [-0.15, -0.1) is 0 Å². The van der Waals surface area contributed by atoms with Crippen LogP contribution in [0.15, 0.2) is 0 Å². The normalized spacial score (nSPS) is 21.2. The van der Waals surface area contributed by atoms with Crippen molar-refractivity contribution in [1.29, 1.82) is 0 Å². The molecular weight excluding hydrogens is 200 g/mol. The van der Waals surface area contributed by atoms with Gasteiger partial charge in [-0.3, -0.25) is 4.79 Å². The lowest BCUT2D eigenvalue weighted by Crippen LogP contribution is -2.47. The predicted molar refractivity (Wildman–Crippen MR) is 67.0 cm³/mol. The fourth-order valence-corrected chi connectivity index (χ4v) is 2.74. The van der Waals surface area contributed by atoms with Crippen molar-refractivity contribution in [3.63, 3.8) is 0 Å². The van der Waals surface area contributed by atoms with E-state index in [4.69, 9.17) is 5.73 Å². The second-order valence-electron chi connectivity index (χ2n) is 5.49. The van der Waals surface area contributed by atoms with Crippen molar-refractivity contribution in [1.82, 2.24) is 5.32 Å². The minimum absolute atomic E-state index is 0.115. The third-order valence-electron chi connectivity index (χ3n) is 4.03. The van der Waals surface area contributed by atoms with E-state index in [-0.39, 0.29) is 11.3 Å². The number of hydrogen-bond acceptors (Lipinski definition) is 2. The van der Waals surface area contributed by atoms with E-state index in [9.17, 15) is 4.79 Å². The summed E-state index contributed by atoms with van der Waals surface area (Å²) in [6.07, 6.45) is 5.31. The summed E-state index contributed by atoms with van der Waals surface area (Å²) in [6.45, 7) is 7.38. The third kappa shape index (κ3) is 2.97. The lowest BCUT2D eigenvalue weighted by Gasteiger charge is -2.30. The highest BCUT2D eigenvalue weighted by Gasteiger charge is 2.39. The zero-order chi connectivity index (χ0) is 12.2. The Morgan fingerprint density at radius 2 is 1.94 bits per heavy atom. The minimum atomic E-state index is -0.262. The van der Waals surface area contributed by atoms with Gasteiger partial charge in [0.1, 0.15) is 0 Å². The number of primary amides is 1. The molecule has 0 heterocycles. The highest BCUT2D eigenvalue weighted by molar-refractivity contribution is 5.81. The molecule has 3 heteroatoms. The van der Waals surface area contributed by atoms with Crippen LogP contribution in [0.25, 0.3) is 0 Å². The second-order valence-corrected chi connectivity index (χ2v) is 5.49. The largest absolute Gasteiger partial charge is 0.369 e. The maximum atomic E-state index is 11.6. The molecule has 1 aliphatic carbocycles. The van der Waals surface area contributed by atoms with Gasteiger partial charge in [0.25, 0.3) is 0 Å². The molecule has 0 spiro atoms. The lowest BCUT2D eigenvalue weighted by molar-refractivity contribution is -0.127. The first-order valence-electron chi connectivity index (χ1n) is 6.55. The summed E-state index contributed by atoms with van der Waals surface area (Å²) in [6, 6.07) is 0.497. The average molecular weight is 226 g/mol. The highest BCUT2D eigenvalue weighted by Crippen LogP contribution is 2.37. The Kier molecular flexibility index (Phi) is 4.78. The van der Waals surface area contributed by atoms with Gasteiger partial charge in [0.05, 0.1) is 5.41 Å². The van der Waals surface area contributed by atoms with Crippen LogP contribution in [0.3, 0.4) is 0 Å². The first-order valence-corrected chi connectivity index (χ1v) is 6.55. The van der Waals surface area contributed by atoms with Gasteiger partial charge < -0.3 is 11.1 Å². The summed E-state index contributed by atoms with van der Waals surface area (Å²) < 4.78 is 0. The smallest absolute Gasteiger partial charge is 0.224 e. The van der Waals surface area contributed by atoms with E-state index in [0.29, 0.717) is 12.0 Å². The Bertz CT molecular complexity index is 232. The zero-order valence-corrected chi connectivity index (χ0v) is 10.9. The summed E-state index contributed by atoms with van der Waals surface area (Å²) in [5, 5.41) is 3.53. The molecule has 1 amide bonds. The van der Waals surface area contributed by atoms with Crippen molar-refractivity contribution in [2.24, 2.45) is 17.1 Å². The van der Waals surface area contributed by atoms with Gasteiger partial charge in [0, 0.05) is 12.6 Å². The Labute approximate surface area is 99.2 Å². The first-order chi connectivity index (χ1) is 7.52. The van der Waals surface area contributed by atoms with Crippen LogP contribution in [0.4, 0.5) is 0 Å². The van der Waals surface area contributed by atoms with Crippen molar-refractivity contribution >= 4 is 5.91 Å². The Hall–Kier alpha value is -0.570. The zero-order valence-electron chi connectivity index (χ0n) is 10.9. The molecule has 0 aromatic rings. The van der Waals surface area contributed by atoms with Crippen LogP contribution in [0.1, 0.15) is 52.9 Å². The molecule has 1 fully saturated rings. The fourth-order valence-electron chi connectivity index (χ4n) is 2.74. The van der Waals surface area contributed by atoms with E-state index in [0.717, 1.165) is 38.6 Å². The summed E-state index contributed by atoms with van der Waals surface area (Å²) >= 11 is 0. The monoisotopic (exact) mass is 226 g/mol. The lowest BCUT2D eigenvalue weighted by atomic mass is 9.84. The second kappa shape index (κ2) is 5.67. The molecular formula is C13H26N2O. The Morgan fingerprint density at radius 1 is 1.38 bits per heavy atom. The van der Waals surface area contributed by atoms with Gasteiger partial charge >= 0.3 is 0 Å². The van der Waals surface area contributed by atoms with Crippen molar-refractivity contribution in [3.05, 3.63) is 0 Å². The van der Waals surface area contributed by atoms with Crippen LogP contribution in [-0.2, 0) is 4.79 Å².